The van der Waals surface area contributed by atoms with E-state index in [-0.39, 0.29) is 34.7 Å². The van der Waals surface area contributed by atoms with Crippen molar-refractivity contribution >= 4 is 34.7 Å². The Kier molecular flexibility index (Phi) is 3.93. The summed E-state index contributed by atoms with van der Waals surface area (Å²) in [5.41, 5.74) is 3.26. The highest BCUT2D eigenvalue weighted by atomic mass is 16.2. The number of ketones is 2. The lowest BCUT2D eigenvalue weighted by Crippen LogP contribution is -2.21. The quantitative estimate of drug-likeness (QED) is 0.554. The number of nitrogens with one attached hydrogen (secondary N) is 3. The minimum Gasteiger partial charge on any atom is -0.353 e. The molecule has 1 amide bonds. The van der Waals surface area contributed by atoms with Gasteiger partial charge in [-0.3, -0.25) is 14.4 Å². The van der Waals surface area contributed by atoms with Crippen molar-refractivity contribution in [3.05, 3.63) is 59.9 Å². The van der Waals surface area contributed by atoms with E-state index in [0.29, 0.717) is 34.9 Å². The van der Waals surface area contributed by atoms with Crippen LogP contribution < -0.4 is 10.6 Å². The summed E-state index contributed by atoms with van der Waals surface area (Å²) in [7, 11) is 0. The summed E-state index contributed by atoms with van der Waals surface area (Å²) in [6.45, 7) is 1.94. The van der Waals surface area contributed by atoms with Gasteiger partial charge in [0.1, 0.15) is 5.82 Å². The Bertz CT molecular complexity index is 1290. The second kappa shape index (κ2) is 6.63. The zero-order valence-electron chi connectivity index (χ0n) is 17.6. The number of hydrogen-bond acceptors (Lipinski definition) is 5. The first-order valence-corrected chi connectivity index (χ1v) is 10.9. The number of aromatic nitrogens is 2. The Labute approximate surface area is 184 Å². The summed E-state index contributed by atoms with van der Waals surface area (Å²) in [5, 5.41) is 6.25. The number of amides is 1. The molecule has 2 saturated carbocycles. The molecule has 2 heterocycles. The Morgan fingerprint density at radius 3 is 2.56 bits per heavy atom. The topological polar surface area (TPSA) is 104 Å². The number of rotatable bonds is 5. The van der Waals surface area contributed by atoms with Crippen LogP contribution in [-0.4, -0.2) is 27.4 Å². The van der Waals surface area contributed by atoms with Crippen LogP contribution in [0.1, 0.15) is 47.0 Å². The van der Waals surface area contributed by atoms with Gasteiger partial charge in [-0.25, -0.2) is 4.98 Å². The molecule has 0 spiro atoms. The predicted molar refractivity (Wildman–Crippen MR) is 120 cm³/mol. The number of anilines is 3. The number of H-pyrrole nitrogens is 1. The first kappa shape index (κ1) is 19.0. The summed E-state index contributed by atoms with van der Waals surface area (Å²) in [4.78, 5) is 46.0. The van der Waals surface area contributed by atoms with Crippen molar-refractivity contribution in [3.8, 4) is 11.3 Å². The van der Waals surface area contributed by atoms with E-state index in [1.54, 1.807) is 18.3 Å². The molecule has 2 atom stereocenters. The average molecular weight is 426 g/mol. The smallest absolute Gasteiger partial charge is 0.231 e. The van der Waals surface area contributed by atoms with Crippen LogP contribution in [0.5, 0.6) is 0 Å². The fraction of sp³-hybridized carbons (Fsp3) is 0.280. The van der Waals surface area contributed by atoms with Crippen molar-refractivity contribution in [1.82, 2.24) is 9.97 Å². The minimum atomic E-state index is -0.316. The zero-order chi connectivity index (χ0) is 22.0. The molecule has 0 bridgehead atoms. The number of fused-ring (bicyclic) bond motifs is 2. The Hall–Kier alpha value is -3.74. The zero-order valence-corrected chi connectivity index (χ0v) is 17.6. The molecule has 3 N–H and O–H groups in total. The van der Waals surface area contributed by atoms with Crippen molar-refractivity contribution in [2.45, 2.75) is 26.2 Å². The van der Waals surface area contributed by atoms with Crippen molar-refractivity contribution < 1.29 is 14.4 Å². The van der Waals surface area contributed by atoms with Gasteiger partial charge in [0.2, 0.25) is 5.91 Å². The van der Waals surface area contributed by atoms with E-state index in [9.17, 15) is 14.4 Å². The van der Waals surface area contributed by atoms with Crippen LogP contribution in [0.15, 0.2) is 48.7 Å². The molecule has 3 aliphatic rings. The number of carbonyl (C=O) groups excluding carboxylic acids is 3. The highest BCUT2D eigenvalue weighted by Crippen LogP contribution is 2.51. The van der Waals surface area contributed by atoms with E-state index in [0.717, 1.165) is 24.1 Å². The lowest BCUT2D eigenvalue weighted by Gasteiger charge is -2.13. The molecule has 0 aliphatic heterocycles. The molecular weight excluding hydrogens is 404 g/mol. The number of aromatic amines is 1. The Morgan fingerprint density at radius 2 is 1.81 bits per heavy atom. The van der Waals surface area contributed by atoms with Gasteiger partial charge in [0, 0.05) is 34.7 Å². The van der Waals surface area contributed by atoms with Crippen molar-refractivity contribution in [2.75, 3.05) is 10.6 Å². The van der Waals surface area contributed by atoms with Crippen LogP contribution in [0.25, 0.3) is 11.3 Å². The molecule has 7 nitrogen and oxygen atoms in total. The normalized spacial score (nSPS) is 22.0. The molecule has 2 unspecified atom stereocenters. The number of nitrogens with zero attached hydrogens (tertiary/aromatic N) is 1. The van der Waals surface area contributed by atoms with Crippen molar-refractivity contribution in [1.29, 1.82) is 0 Å². The molecule has 7 heteroatoms. The Balaban J connectivity index is 1.44. The van der Waals surface area contributed by atoms with E-state index in [1.165, 1.54) is 0 Å². The maximum Gasteiger partial charge on any atom is 0.231 e. The minimum absolute atomic E-state index is 0.00352. The van der Waals surface area contributed by atoms with E-state index in [2.05, 4.69) is 20.6 Å². The summed E-state index contributed by atoms with van der Waals surface area (Å²) in [6.07, 6.45) is 4.00. The molecule has 32 heavy (non-hydrogen) atoms. The maximum atomic E-state index is 13.1. The molecule has 3 aliphatic carbocycles. The first-order chi connectivity index (χ1) is 15.4. The molecule has 1 aromatic carbocycles. The number of carbonyl (C=O) groups is 3. The number of hydrogen-bond donors (Lipinski definition) is 3. The van der Waals surface area contributed by atoms with Crippen molar-refractivity contribution in [2.24, 2.45) is 17.3 Å². The number of pyridine rings is 1. The third-order valence-electron chi connectivity index (χ3n) is 6.84. The van der Waals surface area contributed by atoms with E-state index < -0.39 is 0 Å². The van der Waals surface area contributed by atoms with Crippen LogP contribution in [-0.2, 0) is 4.79 Å². The highest BCUT2D eigenvalue weighted by molar-refractivity contribution is 6.22. The van der Waals surface area contributed by atoms with Crippen LogP contribution >= 0.6 is 0 Å². The van der Waals surface area contributed by atoms with Crippen LogP contribution in [0, 0.1) is 17.3 Å². The largest absolute Gasteiger partial charge is 0.353 e. The van der Waals surface area contributed by atoms with Gasteiger partial charge in [-0.15, -0.1) is 0 Å². The van der Waals surface area contributed by atoms with Gasteiger partial charge < -0.3 is 15.6 Å². The van der Waals surface area contributed by atoms with E-state index in [1.807, 2.05) is 37.3 Å². The van der Waals surface area contributed by atoms with E-state index in [4.69, 9.17) is 0 Å². The molecular formula is C25H22N4O3. The average Bonchev–Trinajstić information content (AvgIpc) is 3.71. The lowest BCUT2D eigenvalue weighted by molar-refractivity contribution is -0.120. The highest BCUT2D eigenvalue weighted by Gasteiger charge is 2.55. The summed E-state index contributed by atoms with van der Waals surface area (Å²) < 4.78 is 0. The number of benzene rings is 1. The number of Topliss-reactive ketones (excluding diaryl/α,β-unsaturated/α-hetero) is 2. The van der Waals surface area contributed by atoms with Gasteiger partial charge in [-0.05, 0) is 43.5 Å². The number of para-hydroxylation sites is 1. The van der Waals surface area contributed by atoms with Gasteiger partial charge in [0.25, 0.3) is 0 Å². The molecule has 3 aromatic rings. The summed E-state index contributed by atoms with van der Waals surface area (Å²) >= 11 is 0. The van der Waals surface area contributed by atoms with Crippen molar-refractivity contribution in [3.63, 3.8) is 0 Å². The first-order valence-electron chi connectivity index (χ1n) is 10.9. The Morgan fingerprint density at radius 1 is 1.06 bits per heavy atom. The summed E-state index contributed by atoms with van der Waals surface area (Å²) in [5.74, 6) is 0.00513. The molecule has 0 saturated heterocycles. The lowest BCUT2D eigenvalue weighted by atomic mass is 9.94. The molecule has 2 fully saturated rings. The van der Waals surface area contributed by atoms with E-state index >= 15 is 0 Å². The predicted octanol–water partition coefficient (Wildman–Crippen LogP) is 4.57. The molecule has 2 aromatic heterocycles. The van der Waals surface area contributed by atoms with Crippen LogP contribution in [0.3, 0.4) is 0 Å². The third kappa shape index (κ3) is 2.96. The standard InChI is InChI=1S/C25H22N4O3/c1-25(8-9-25)24(32)28-17-11-13(7-10-26-17)19-20(27-14-5-3-2-4-6-14)18-21(29-19)23(31)16-12-15(16)22(18)30/h2-7,10-11,15-16,27,29H,8-9,12H2,1H3,(H,26,28,32). The van der Waals surface area contributed by atoms with Crippen LogP contribution in [0.4, 0.5) is 17.2 Å². The second-order valence-corrected chi connectivity index (χ2v) is 9.24. The fourth-order valence-electron chi connectivity index (χ4n) is 4.42. The molecule has 0 radical (unpaired) electrons. The molecule has 6 rings (SSSR count). The van der Waals surface area contributed by atoms with Gasteiger partial charge >= 0.3 is 0 Å². The SMILES string of the molecule is CC1(C(=O)Nc2cc(-c3[nH]c4c(c3Nc3ccccc3)C(=O)C3CC3C4=O)ccn2)CC1. The third-order valence-corrected chi connectivity index (χ3v) is 6.84. The van der Waals surface area contributed by atoms with Gasteiger partial charge in [0.15, 0.2) is 11.6 Å². The van der Waals surface area contributed by atoms with Gasteiger partial charge in [-0.2, -0.15) is 0 Å². The summed E-state index contributed by atoms with van der Waals surface area (Å²) in [6, 6.07) is 13.1. The van der Waals surface area contributed by atoms with Gasteiger partial charge in [-0.1, -0.05) is 25.1 Å². The van der Waals surface area contributed by atoms with Crippen LogP contribution in [0.2, 0.25) is 0 Å². The van der Waals surface area contributed by atoms with Gasteiger partial charge in [0.05, 0.1) is 22.6 Å². The fourth-order valence-corrected chi connectivity index (χ4v) is 4.42. The maximum absolute atomic E-state index is 13.1. The molecule has 160 valence electrons. The monoisotopic (exact) mass is 426 g/mol. The second-order valence-electron chi connectivity index (χ2n) is 9.24.